The number of nitrogens with zero attached hydrogens (tertiary/aromatic N) is 2. The summed E-state index contributed by atoms with van der Waals surface area (Å²) < 4.78 is 43.1. The van der Waals surface area contributed by atoms with Gasteiger partial charge in [0.05, 0.1) is 24.2 Å². The molecule has 38 heavy (non-hydrogen) atoms. The second-order valence-corrected chi connectivity index (χ2v) is 8.76. The molecule has 1 heterocycles. The summed E-state index contributed by atoms with van der Waals surface area (Å²) in [6, 6.07) is 18.7. The molecule has 4 aromatic rings. The molecule has 198 valence electrons. The number of amides is 1. The second kappa shape index (κ2) is 11.4. The third-order valence-electron chi connectivity index (χ3n) is 6.06. The number of carboxylic acid groups (broad SMARTS) is 1. The van der Waals surface area contributed by atoms with E-state index in [1.165, 1.54) is 12.1 Å². The molecule has 1 unspecified atom stereocenters. The summed E-state index contributed by atoms with van der Waals surface area (Å²) in [7, 11) is 0. The third-order valence-corrected chi connectivity index (χ3v) is 6.06. The zero-order valence-corrected chi connectivity index (χ0v) is 20.5. The average Bonchev–Trinajstić information content (AvgIpc) is 3.30. The molecule has 3 aromatic carbocycles. The fourth-order valence-corrected chi connectivity index (χ4v) is 4.28. The van der Waals surface area contributed by atoms with E-state index in [2.05, 4.69) is 22.1 Å². The van der Waals surface area contributed by atoms with Gasteiger partial charge in [-0.1, -0.05) is 49.7 Å². The number of hydrogen-bond donors (Lipinski definition) is 2. The Kier molecular flexibility index (Phi) is 7.99. The van der Waals surface area contributed by atoms with E-state index >= 15 is 0 Å². The van der Waals surface area contributed by atoms with Crippen LogP contribution < -0.4 is 10.1 Å². The molecule has 1 atom stereocenters. The number of halogens is 3. The Morgan fingerprint density at radius 1 is 1.03 bits per heavy atom. The first-order valence-electron chi connectivity index (χ1n) is 12.1. The van der Waals surface area contributed by atoms with Crippen LogP contribution >= 0.6 is 0 Å². The van der Waals surface area contributed by atoms with Crippen LogP contribution in [0.25, 0.3) is 22.0 Å². The summed E-state index contributed by atoms with van der Waals surface area (Å²) in [4.78, 5) is 23.0. The first kappa shape index (κ1) is 26.7. The van der Waals surface area contributed by atoms with Crippen molar-refractivity contribution in [3.8, 4) is 16.9 Å². The highest BCUT2D eigenvalue weighted by molar-refractivity contribution is 5.98. The summed E-state index contributed by atoms with van der Waals surface area (Å²) in [6.07, 6.45) is -1.47. The van der Waals surface area contributed by atoms with E-state index in [0.29, 0.717) is 5.56 Å². The highest BCUT2D eigenvalue weighted by atomic mass is 19.4. The van der Waals surface area contributed by atoms with Gasteiger partial charge in [0, 0.05) is 17.5 Å². The number of carbonyl (C=O) groups is 2. The number of hydrogen-bond acceptors (Lipinski definition) is 4. The molecule has 0 aliphatic heterocycles. The average molecular weight is 526 g/mol. The zero-order valence-electron chi connectivity index (χ0n) is 20.5. The topological polar surface area (TPSA) is 93.5 Å². The Hall–Kier alpha value is -4.34. The van der Waals surface area contributed by atoms with Crippen LogP contribution in [0.4, 0.5) is 13.2 Å². The Morgan fingerprint density at radius 2 is 1.68 bits per heavy atom. The van der Waals surface area contributed by atoms with Crippen LogP contribution in [-0.2, 0) is 4.79 Å². The van der Waals surface area contributed by atoms with Gasteiger partial charge in [-0.2, -0.15) is 5.10 Å². The summed E-state index contributed by atoms with van der Waals surface area (Å²) in [6.45, 7) is 2.13. The predicted octanol–water partition coefficient (Wildman–Crippen LogP) is 6.20. The van der Waals surface area contributed by atoms with Crippen molar-refractivity contribution in [3.05, 3.63) is 84.1 Å². The maximum Gasteiger partial charge on any atom is 0.573 e. The Morgan fingerprint density at radius 3 is 2.29 bits per heavy atom. The molecular weight excluding hydrogens is 499 g/mol. The monoisotopic (exact) mass is 525 g/mol. The zero-order chi connectivity index (χ0) is 27.3. The SMILES string of the molecule is CCCC(c1ccc(-c2ccc(OC(F)(F)F)cc2)cc1)n1ncc2cc(C(=O)NCCC(=O)O)ccc21. The van der Waals surface area contributed by atoms with Crippen molar-refractivity contribution in [3.63, 3.8) is 0 Å². The smallest absolute Gasteiger partial charge is 0.481 e. The van der Waals surface area contributed by atoms with Crippen LogP contribution in [0.3, 0.4) is 0 Å². The number of carbonyl (C=O) groups excluding carboxylic acids is 1. The van der Waals surface area contributed by atoms with Gasteiger partial charge in [0.1, 0.15) is 5.75 Å². The standard InChI is InChI=1S/C28H26F3N3O4/c1-2-3-24(20-6-4-18(5-7-20)19-8-11-23(12-9-19)38-28(29,30)31)34-25-13-10-21(16-22(25)17-33-34)27(37)32-15-14-26(35)36/h4-13,16-17,24H,2-3,14-15H2,1H3,(H,32,37)(H,35,36). The van der Waals surface area contributed by atoms with Gasteiger partial charge in [-0.15, -0.1) is 13.2 Å². The molecule has 0 aliphatic rings. The molecule has 0 saturated carbocycles. The lowest BCUT2D eigenvalue weighted by atomic mass is 9.98. The normalized spacial score (nSPS) is 12.3. The molecule has 0 aliphatic carbocycles. The van der Waals surface area contributed by atoms with Crippen molar-refractivity contribution in [2.24, 2.45) is 0 Å². The number of aromatic nitrogens is 2. The van der Waals surface area contributed by atoms with Crippen molar-refractivity contribution >= 4 is 22.8 Å². The minimum absolute atomic E-state index is 0.0471. The lowest BCUT2D eigenvalue weighted by Crippen LogP contribution is -2.25. The van der Waals surface area contributed by atoms with Gasteiger partial charge in [0.25, 0.3) is 5.91 Å². The third kappa shape index (κ3) is 6.50. The maximum absolute atomic E-state index is 12.4. The molecular formula is C28H26F3N3O4. The molecule has 0 bridgehead atoms. The van der Waals surface area contributed by atoms with Crippen LogP contribution in [-0.4, -0.2) is 39.7 Å². The van der Waals surface area contributed by atoms with E-state index in [1.54, 1.807) is 30.5 Å². The number of fused-ring (bicyclic) bond motifs is 1. The van der Waals surface area contributed by atoms with Crippen LogP contribution in [0.5, 0.6) is 5.75 Å². The molecule has 1 amide bonds. The quantitative estimate of drug-likeness (QED) is 0.257. The molecule has 10 heteroatoms. The number of ether oxygens (including phenoxy) is 1. The largest absolute Gasteiger partial charge is 0.573 e. The summed E-state index contributed by atoms with van der Waals surface area (Å²) in [5.74, 6) is -1.60. The van der Waals surface area contributed by atoms with Gasteiger partial charge in [0.2, 0.25) is 0 Å². The van der Waals surface area contributed by atoms with Gasteiger partial charge in [-0.3, -0.25) is 14.3 Å². The minimum atomic E-state index is -4.73. The molecule has 2 N–H and O–H groups in total. The molecule has 1 aromatic heterocycles. The Bertz CT molecular complexity index is 1410. The van der Waals surface area contributed by atoms with E-state index in [-0.39, 0.29) is 30.7 Å². The van der Waals surface area contributed by atoms with Gasteiger partial charge in [-0.25, -0.2) is 0 Å². The summed E-state index contributed by atoms with van der Waals surface area (Å²) >= 11 is 0. The minimum Gasteiger partial charge on any atom is -0.481 e. The van der Waals surface area contributed by atoms with Crippen molar-refractivity contribution in [1.29, 1.82) is 0 Å². The molecule has 4 rings (SSSR count). The molecule has 0 radical (unpaired) electrons. The molecule has 0 fully saturated rings. The van der Waals surface area contributed by atoms with Crippen LogP contribution in [0.15, 0.2) is 72.9 Å². The first-order valence-corrected chi connectivity index (χ1v) is 12.1. The van der Waals surface area contributed by atoms with Crippen molar-refractivity contribution in [1.82, 2.24) is 15.1 Å². The number of carboxylic acids is 1. The van der Waals surface area contributed by atoms with Crippen LogP contribution in [0.1, 0.15) is 48.1 Å². The number of alkyl halides is 3. The highest BCUT2D eigenvalue weighted by Gasteiger charge is 2.31. The highest BCUT2D eigenvalue weighted by Crippen LogP contribution is 2.31. The van der Waals surface area contributed by atoms with Crippen molar-refractivity contribution in [2.75, 3.05) is 6.54 Å². The number of benzene rings is 3. The Balaban J connectivity index is 1.54. The second-order valence-electron chi connectivity index (χ2n) is 8.76. The number of rotatable bonds is 10. The van der Waals surface area contributed by atoms with Crippen LogP contribution in [0, 0.1) is 0 Å². The number of nitrogens with one attached hydrogen (secondary N) is 1. The number of aliphatic carboxylic acids is 1. The fourth-order valence-electron chi connectivity index (χ4n) is 4.28. The van der Waals surface area contributed by atoms with E-state index in [4.69, 9.17) is 5.11 Å². The van der Waals surface area contributed by atoms with Crippen molar-refractivity contribution < 1.29 is 32.6 Å². The predicted molar refractivity (Wildman–Crippen MR) is 136 cm³/mol. The van der Waals surface area contributed by atoms with E-state index < -0.39 is 12.3 Å². The Labute approximate surface area is 216 Å². The lowest BCUT2D eigenvalue weighted by molar-refractivity contribution is -0.274. The van der Waals surface area contributed by atoms with E-state index in [0.717, 1.165) is 40.4 Å². The summed E-state index contributed by atoms with van der Waals surface area (Å²) in [5, 5.41) is 16.7. The lowest BCUT2D eigenvalue weighted by Gasteiger charge is -2.19. The molecule has 0 saturated heterocycles. The summed E-state index contributed by atoms with van der Waals surface area (Å²) in [5.41, 5.74) is 3.91. The molecule has 7 nitrogen and oxygen atoms in total. The van der Waals surface area contributed by atoms with E-state index in [1.807, 2.05) is 35.0 Å². The van der Waals surface area contributed by atoms with Crippen molar-refractivity contribution in [2.45, 2.75) is 38.6 Å². The van der Waals surface area contributed by atoms with Crippen LogP contribution in [0.2, 0.25) is 0 Å². The fraction of sp³-hybridized carbons (Fsp3) is 0.250. The van der Waals surface area contributed by atoms with Gasteiger partial charge < -0.3 is 15.2 Å². The van der Waals surface area contributed by atoms with Gasteiger partial charge >= 0.3 is 12.3 Å². The maximum atomic E-state index is 12.4. The van der Waals surface area contributed by atoms with E-state index in [9.17, 15) is 22.8 Å². The van der Waals surface area contributed by atoms with Gasteiger partial charge in [-0.05, 0) is 53.4 Å². The van der Waals surface area contributed by atoms with Gasteiger partial charge in [0.15, 0.2) is 0 Å². The first-order chi connectivity index (χ1) is 18.1. The molecule has 0 spiro atoms.